The Hall–Kier alpha value is -3.58. The minimum absolute atomic E-state index is 0.112. The maximum Gasteiger partial charge on any atom is 0.305 e. The summed E-state index contributed by atoms with van der Waals surface area (Å²) in [5.41, 5.74) is 1.79. The lowest BCUT2D eigenvalue weighted by molar-refractivity contribution is -0.137. The summed E-state index contributed by atoms with van der Waals surface area (Å²) in [6.45, 7) is 0. The van der Waals surface area contributed by atoms with Crippen molar-refractivity contribution in [2.24, 2.45) is 0 Å². The standard InChI is InChI=1S/C23H21ClN2O5/c1-30-15-7-5-6-14(12-15)22-20(31-2)11-10-18(25-22)23(29)26-19(13-21(27)28)16-8-3-4-9-17(16)24/h3-12,19H,13H2,1-2H3,(H,26,29)(H,27,28). The Morgan fingerprint density at radius 1 is 1.06 bits per heavy atom. The zero-order valence-corrected chi connectivity index (χ0v) is 17.7. The Balaban J connectivity index is 1.95. The van der Waals surface area contributed by atoms with Gasteiger partial charge in [0.1, 0.15) is 22.9 Å². The van der Waals surface area contributed by atoms with Crippen molar-refractivity contribution in [2.75, 3.05) is 14.2 Å². The fourth-order valence-corrected chi connectivity index (χ4v) is 3.39. The molecule has 1 heterocycles. The molecule has 0 bridgehead atoms. The number of rotatable bonds is 8. The van der Waals surface area contributed by atoms with E-state index in [1.54, 1.807) is 49.6 Å². The monoisotopic (exact) mass is 440 g/mol. The summed E-state index contributed by atoms with van der Waals surface area (Å²) >= 11 is 6.22. The maximum absolute atomic E-state index is 13.0. The molecule has 3 aromatic rings. The molecule has 1 atom stereocenters. The molecule has 31 heavy (non-hydrogen) atoms. The summed E-state index contributed by atoms with van der Waals surface area (Å²) in [5, 5.41) is 12.4. The van der Waals surface area contributed by atoms with Gasteiger partial charge in [-0.05, 0) is 35.9 Å². The minimum Gasteiger partial charge on any atom is -0.497 e. The van der Waals surface area contributed by atoms with Crippen LogP contribution in [-0.4, -0.2) is 36.2 Å². The van der Waals surface area contributed by atoms with Crippen molar-refractivity contribution < 1.29 is 24.2 Å². The highest BCUT2D eigenvalue weighted by Gasteiger charge is 2.22. The molecule has 0 fully saturated rings. The zero-order chi connectivity index (χ0) is 22.4. The number of amides is 1. The van der Waals surface area contributed by atoms with Crippen LogP contribution in [0, 0.1) is 0 Å². The molecule has 1 amide bonds. The van der Waals surface area contributed by atoms with E-state index in [0.717, 1.165) is 0 Å². The predicted octanol–water partition coefficient (Wildman–Crippen LogP) is 4.37. The Bertz CT molecular complexity index is 1100. The first-order chi connectivity index (χ1) is 14.9. The van der Waals surface area contributed by atoms with E-state index in [1.807, 2.05) is 12.1 Å². The van der Waals surface area contributed by atoms with Crippen molar-refractivity contribution in [2.45, 2.75) is 12.5 Å². The number of nitrogens with zero attached hydrogens (tertiary/aromatic N) is 1. The molecule has 7 nitrogen and oxygen atoms in total. The van der Waals surface area contributed by atoms with E-state index in [0.29, 0.717) is 33.3 Å². The fraction of sp³-hybridized carbons (Fsp3) is 0.174. The first-order valence-corrected chi connectivity index (χ1v) is 9.77. The van der Waals surface area contributed by atoms with Gasteiger partial charge in [-0.2, -0.15) is 0 Å². The lowest BCUT2D eigenvalue weighted by Crippen LogP contribution is -2.31. The molecule has 0 aliphatic carbocycles. The molecule has 2 aromatic carbocycles. The molecular formula is C23H21ClN2O5. The van der Waals surface area contributed by atoms with Crippen LogP contribution in [0.25, 0.3) is 11.3 Å². The molecule has 3 rings (SSSR count). The van der Waals surface area contributed by atoms with Crippen molar-refractivity contribution >= 4 is 23.5 Å². The van der Waals surface area contributed by atoms with E-state index < -0.39 is 17.9 Å². The Kier molecular flexibility index (Phi) is 7.10. The number of halogens is 1. The summed E-state index contributed by atoms with van der Waals surface area (Å²) in [4.78, 5) is 28.8. The highest BCUT2D eigenvalue weighted by atomic mass is 35.5. The third kappa shape index (κ3) is 5.32. The molecule has 1 unspecified atom stereocenters. The molecular weight excluding hydrogens is 420 g/mol. The molecule has 160 valence electrons. The van der Waals surface area contributed by atoms with Gasteiger partial charge in [-0.25, -0.2) is 4.98 Å². The smallest absolute Gasteiger partial charge is 0.305 e. The number of carboxylic acids is 1. The van der Waals surface area contributed by atoms with E-state index in [9.17, 15) is 14.7 Å². The van der Waals surface area contributed by atoms with Crippen LogP contribution in [0.15, 0.2) is 60.7 Å². The van der Waals surface area contributed by atoms with Crippen molar-refractivity contribution in [1.29, 1.82) is 0 Å². The molecule has 0 saturated carbocycles. The second kappa shape index (κ2) is 9.95. The van der Waals surface area contributed by atoms with Crippen LogP contribution < -0.4 is 14.8 Å². The number of aromatic nitrogens is 1. The number of carbonyl (C=O) groups is 2. The van der Waals surface area contributed by atoms with E-state index >= 15 is 0 Å². The number of ether oxygens (including phenoxy) is 2. The van der Waals surface area contributed by atoms with Gasteiger partial charge in [0.05, 0.1) is 26.7 Å². The van der Waals surface area contributed by atoms with Crippen molar-refractivity contribution in [3.05, 3.63) is 76.9 Å². The quantitative estimate of drug-likeness (QED) is 0.540. The summed E-state index contributed by atoms with van der Waals surface area (Å²) in [6.07, 6.45) is -0.325. The van der Waals surface area contributed by atoms with Gasteiger partial charge >= 0.3 is 5.97 Å². The molecule has 1 aromatic heterocycles. The summed E-state index contributed by atoms with van der Waals surface area (Å²) in [7, 11) is 3.08. The number of pyridine rings is 1. The van der Waals surface area contributed by atoms with Crippen LogP contribution in [-0.2, 0) is 4.79 Å². The fourth-order valence-electron chi connectivity index (χ4n) is 3.12. The van der Waals surface area contributed by atoms with Crippen LogP contribution in [0.4, 0.5) is 0 Å². The Morgan fingerprint density at radius 2 is 1.84 bits per heavy atom. The number of carboxylic acid groups (broad SMARTS) is 1. The van der Waals surface area contributed by atoms with Gasteiger partial charge in [-0.3, -0.25) is 9.59 Å². The molecule has 0 aliphatic heterocycles. The number of hydrogen-bond donors (Lipinski definition) is 2. The first-order valence-electron chi connectivity index (χ1n) is 9.39. The average molecular weight is 441 g/mol. The number of nitrogens with one attached hydrogen (secondary N) is 1. The topological polar surface area (TPSA) is 97.8 Å². The van der Waals surface area contributed by atoms with Crippen LogP contribution >= 0.6 is 11.6 Å². The molecule has 0 spiro atoms. The Morgan fingerprint density at radius 3 is 2.52 bits per heavy atom. The number of benzene rings is 2. The van der Waals surface area contributed by atoms with Gasteiger partial charge in [0, 0.05) is 10.6 Å². The molecule has 0 saturated heterocycles. The second-order valence-corrected chi connectivity index (χ2v) is 7.03. The number of aliphatic carboxylic acids is 1. The number of methoxy groups -OCH3 is 2. The third-order valence-corrected chi connectivity index (χ3v) is 4.96. The first kappa shape index (κ1) is 22.1. The number of hydrogen-bond acceptors (Lipinski definition) is 5. The van der Waals surface area contributed by atoms with Gasteiger partial charge in [-0.1, -0.05) is 41.9 Å². The average Bonchev–Trinajstić information content (AvgIpc) is 2.78. The SMILES string of the molecule is COc1cccc(-c2nc(C(=O)NC(CC(=O)O)c3ccccc3Cl)ccc2OC)c1. The lowest BCUT2D eigenvalue weighted by atomic mass is 10.0. The molecule has 0 aliphatic rings. The predicted molar refractivity (Wildman–Crippen MR) is 117 cm³/mol. The third-order valence-electron chi connectivity index (χ3n) is 4.62. The molecule has 0 radical (unpaired) electrons. The van der Waals surface area contributed by atoms with E-state index in [2.05, 4.69) is 10.3 Å². The molecule has 8 heteroatoms. The van der Waals surface area contributed by atoms with Gasteiger partial charge in [-0.15, -0.1) is 0 Å². The van der Waals surface area contributed by atoms with Crippen LogP contribution in [0.3, 0.4) is 0 Å². The van der Waals surface area contributed by atoms with Crippen molar-refractivity contribution in [3.8, 4) is 22.8 Å². The molecule has 2 N–H and O–H groups in total. The van der Waals surface area contributed by atoms with E-state index in [1.165, 1.54) is 13.2 Å². The number of carbonyl (C=O) groups excluding carboxylic acids is 1. The lowest BCUT2D eigenvalue weighted by Gasteiger charge is -2.19. The van der Waals surface area contributed by atoms with E-state index in [-0.39, 0.29) is 12.1 Å². The van der Waals surface area contributed by atoms with Crippen LogP contribution in [0.2, 0.25) is 5.02 Å². The Labute approximate surface area is 184 Å². The van der Waals surface area contributed by atoms with E-state index in [4.69, 9.17) is 21.1 Å². The summed E-state index contributed by atoms with van der Waals surface area (Å²) in [5.74, 6) is -0.475. The van der Waals surface area contributed by atoms with Gasteiger partial charge in [0.15, 0.2) is 0 Å². The summed E-state index contributed by atoms with van der Waals surface area (Å²) < 4.78 is 10.7. The van der Waals surface area contributed by atoms with Gasteiger partial charge in [0.25, 0.3) is 5.91 Å². The van der Waals surface area contributed by atoms with Gasteiger partial charge in [0.2, 0.25) is 0 Å². The zero-order valence-electron chi connectivity index (χ0n) is 17.0. The maximum atomic E-state index is 13.0. The van der Waals surface area contributed by atoms with Crippen LogP contribution in [0.1, 0.15) is 28.5 Å². The highest BCUT2D eigenvalue weighted by Crippen LogP contribution is 2.31. The highest BCUT2D eigenvalue weighted by molar-refractivity contribution is 6.31. The van der Waals surface area contributed by atoms with Crippen LogP contribution in [0.5, 0.6) is 11.5 Å². The summed E-state index contributed by atoms with van der Waals surface area (Å²) in [6, 6.07) is 16.3. The van der Waals surface area contributed by atoms with Gasteiger partial charge < -0.3 is 19.9 Å². The largest absolute Gasteiger partial charge is 0.497 e. The second-order valence-electron chi connectivity index (χ2n) is 6.62. The van der Waals surface area contributed by atoms with Crippen molar-refractivity contribution in [1.82, 2.24) is 10.3 Å². The van der Waals surface area contributed by atoms with Crippen molar-refractivity contribution in [3.63, 3.8) is 0 Å². The minimum atomic E-state index is -1.06. The normalized spacial score (nSPS) is 11.5.